The number of piperidine rings is 1. The molecule has 1 fully saturated rings. The maximum absolute atomic E-state index is 12.5. The Hall–Kier alpha value is -2.76. The van der Waals surface area contributed by atoms with Crippen molar-refractivity contribution in [1.29, 1.82) is 0 Å². The summed E-state index contributed by atoms with van der Waals surface area (Å²) < 4.78 is 1.92. The minimum atomic E-state index is 0.206. The quantitative estimate of drug-likeness (QED) is 0.735. The van der Waals surface area contributed by atoms with Crippen LogP contribution < -0.4 is 0 Å². The third-order valence-electron chi connectivity index (χ3n) is 4.94. The van der Waals surface area contributed by atoms with Crippen molar-refractivity contribution in [2.75, 3.05) is 13.1 Å². The van der Waals surface area contributed by atoms with Gasteiger partial charge in [-0.15, -0.1) is 0 Å². The van der Waals surface area contributed by atoms with Crippen LogP contribution in [0.15, 0.2) is 49.1 Å². The van der Waals surface area contributed by atoms with E-state index in [1.165, 1.54) is 0 Å². The van der Waals surface area contributed by atoms with Gasteiger partial charge in [0.25, 0.3) is 0 Å². The van der Waals surface area contributed by atoms with Crippen LogP contribution in [0.25, 0.3) is 10.9 Å². The van der Waals surface area contributed by atoms with Crippen LogP contribution in [0.2, 0.25) is 0 Å². The summed E-state index contributed by atoms with van der Waals surface area (Å²) in [7, 11) is 0. The highest BCUT2D eigenvalue weighted by molar-refractivity contribution is 5.79. The van der Waals surface area contributed by atoms with E-state index in [2.05, 4.69) is 15.1 Å². The monoisotopic (exact) mass is 335 g/mol. The number of nitrogens with zero attached hydrogens (tertiary/aromatic N) is 5. The summed E-state index contributed by atoms with van der Waals surface area (Å²) in [5.74, 6) is 0.616. The van der Waals surface area contributed by atoms with E-state index in [9.17, 15) is 4.79 Å². The van der Waals surface area contributed by atoms with E-state index in [0.29, 0.717) is 18.9 Å². The van der Waals surface area contributed by atoms with Gasteiger partial charge in [0.1, 0.15) is 0 Å². The number of benzene rings is 1. The van der Waals surface area contributed by atoms with Crippen molar-refractivity contribution in [3.63, 3.8) is 0 Å². The Labute approximate surface area is 146 Å². The average Bonchev–Trinajstić information content (AvgIpc) is 3.10. The predicted octanol–water partition coefficient (Wildman–Crippen LogP) is 2.62. The molecule has 0 spiro atoms. The fourth-order valence-electron chi connectivity index (χ4n) is 3.51. The van der Waals surface area contributed by atoms with Crippen LogP contribution >= 0.6 is 0 Å². The molecule has 3 heterocycles. The van der Waals surface area contributed by atoms with Crippen LogP contribution in [0.4, 0.5) is 0 Å². The van der Waals surface area contributed by atoms with Crippen molar-refractivity contribution in [2.45, 2.75) is 31.7 Å². The summed E-state index contributed by atoms with van der Waals surface area (Å²) in [6.45, 7) is 2.20. The number of hydrogen-bond donors (Lipinski definition) is 0. The van der Waals surface area contributed by atoms with Crippen LogP contribution in [-0.4, -0.2) is 43.6 Å². The highest BCUT2D eigenvalue weighted by Gasteiger charge is 2.24. The molecular weight excluding hydrogens is 314 g/mol. The first-order valence-electron chi connectivity index (χ1n) is 8.75. The Kier molecular flexibility index (Phi) is 4.41. The number of carbonyl (C=O) groups is 1. The standard InChI is InChI=1S/C19H21N5O/c25-19(7-12-24-18-4-2-1-3-16(18)13-22-24)23-10-5-15(6-11-23)17-14-20-8-9-21-17/h1-4,8-9,13-15H,5-7,10-12H2. The first-order chi connectivity index (χ1) is 12.3. The fourth-order valence-corrected chi connectivity index (χ4v) is 3.51. The van der Waals surface area contributed by atoms with Gasteiger partial charge in [-0.25, -0.2) is 0 Å². The molecule has 1 amide bonds. The van der Waals surface area contributed by atoms with Crippen molar-refractivity contribution in [3.8, 4) is 0 Å². The molecule has 1 saturated heterocycles. The lowest BCUT2D eigenvalue weighted by molar-refractivity contribution is -0.132. The summed E-state index contributed by atoms with van der Waals surface area (Å²) in [6, 6.07) is 8.08. The number of likely N-dealkylation sites (tertiary alicyclic amines) is 1. The molecule has 1 aliphatic rings. The van der Waals surface area contributed by atoms with E-state index in [1.807, 2.05) is 46.2 Å². The summed E-state index contributed by atoms with van der Waals surface area (Å²) in [4.78, 5) is 23.0. The predicted molar refractivity (Wildman–Crippen MR) is 94.9 cm³/mol. The first kappa shape index (κ1) is 15.7. The molecule has 0 N–H and O–H groups in total. The second-order valence-corrected chi connectivity index (χ2v) is 6.46. The van der Waals surface area contributed by atoms with Gasteiger partial charge in [0.05, 0.1) is 24.0 Å². The summed E-state index contributed by atoms with van der Waals surface area (Å²) >= 11 is 0. The lowest BCUT2D eigenvalue weighted by atomic mass is 9.93. The second-order valence-electron chi connectivity index (χ2n) is 6.46. The molecule has 128 valence electrons. The highest BCUT2D eigenvalue weighted by Crippen LogP contribution is 2.26. The van der Waals surface area contributed by atoms with Gasteiger partial charge in [-0.05, 0) is 18.9 Å². The van der Waals surface area contributed by atoms with Crippen LogP contribution in [0.5, 0.6) is 0 Å². The largest absolute Gasteiger partial charge is 0.343 e. The highest BCUT2D eigenvalue weighted by atomic mass is 16.2. The number of aromatic nitrogens is 4. The molecule has 1 aliphatic heterocycles. The van der Waals surface area contributed by atoms with Crippen LogP contribution in [0.1, 0.15) is 30.9 Å². The maximum atomic E-state index is 12.5. The minimum Gasteiger partial charge on any atom is -0.343 e. The Morgan fingerprint density at radius 3 is 2.76 bits per heavy atom. The molecule has 0 radical (unpaired) electrons. The molecule has 4 rings (SSSR count). The zero-order valence-electron chi connectivity index (χ0n) is 14.1. The smallest absolute Gasteiger partial charge is 0.224 e. The van der Waals surface area contributed by atoms with Crippen molar-refractivity contribution >= 4 is 16.8 Å². The Morgan fingerprint density at radius 1 is 1.12 bits per heavy atom. The van der Waals surface area contributed by atoms with Gasteiger partial charge in [-0.3, -0.25) is 19.4 Å². The van der Waals surface area contributed by atoms with Crippen LogP contribution in [0, 0.1) is 0 Å². The number of para-hydroxylation sites is 1. The van der Waals surface area contributed by atoms with E-state index in [4.69, 9.17) is 0 Å². The molecule has 0 atom stereocenters. The number of amides is 1. The summed E-state index contributed by atoms with van der Waals surface area (Å²) in [5.41, 5.74) is 2.12. The number of hydrogen-bond acceptors (Lipinski definition) is 4. The minimum absolute atomic E-state index is 0.206. The zero-order valence-corrected chi connectivity index (χ0v) is 14.1. The zero-order chi connectivity index (χ0) is 17.1. The molecule has 1 aromatic carbocycles. The number of fused-ring (bicyclic) bond motifs is 1. The molecule has 0 bridgehead atoms. The van der Waals surface area contributed by atoms with Gasteiger partial charge in [0.2, 0.25) is 5.91 Å². The van der Waals surface area contributed by atoms with E-state index < -0.39 is 0 Å². The summed E-state index contributed by atoms with van der Waals surface area (Å²) in [5, 5.41) is 5.51. The van der Waals surface area contributed by atoms with Crippen molar-refractivity contribution in [1.82, 2.24) is 24.6 Å². The van der Waals surface area contributed by atoms with Crippen LogP contribution in [0.3, 0.4) is 0 Å². The number of rotatable bonds is 4. The third kappa shape index (κ3) is 3.38. The molecule has 0 aliphatic carbocycles. The Bertz CT molecular complexity index is 852. The fraction of sp³-hybridized carbons (Fsp3) is 0.368. The molecule has 3 aromatic rings. The molecule has 2 aromatic heterocycles. The number of aryl methyl sites for hydroxylation is 1. The van der Waals surface area contributed by atoms with Gasteiger partial charge in [0, 0.05) is 49.4 Å². The van der Waals surface area contributed by atoms with Gasteiger partial charge >= 0.3 is 0 Å². The molecule has 6 nitrogen and oxygen atoms in total. The van der Waals surface area contributed by atoms with Crippen molar-refractivity contribution in [2.24, 2.45) is 0 Å². The lowest BCUT2D eigenvalue weighted by Gasteiger charge is -2.31. The van der Waals surface area contributed by atoms with E-state index in [0.717, 1.165) is 42.5 Å². The van der Waals surface area contributed by atoms with E-state index in [-0.39, 0.29) is 5.91 Å². The van der Waals surface area contributed by atoms with E-state index in [1.54, 1.807) is 12.4 Å². The third-order valence-corrected chi connectivity index (χ3v) is 4.94. The van der Waals surface area contributed by atoms with Gasteiger partial charge in [-0.2, -0.15) is 5.10 Å². The van der Waals surface area contributed by atoms with Gasteiger partial charge < -0.3 is 4.90 Å². The van der Waals surface area contributed by atoms with Gasteiger partial charge in [-0.1, -0.05) is 18.2 Å². The SMILES string of the molecule is O=C(CCn1ncc2ccccc21)N1CCC(c2cnccn2)CC1. The molecule has 25 heavy (non-hydrogen) atoms. The molecular formula is C19H21N5O. The Balaban J connectivity index is 1.32. The molecule has 0 saturated carbocycles. The first-order valence-corrected chi connectivity index (χ1v) is 8.75. The number of carbonyl (C=O) groups excluding carboxylic acids is 1. The summed E-state index contributed by atoms with van der Waals surface area (Å²) in [6.07, 6.45) is 9.52. The average molecular weight is 335 g/mol. The van der Waals surface area contributed by atoms with E-state index >= 15 is 0 Å². The topological polar surface area (TPSA) is 63.9 Å². The molecule has 0 unspecified atom stereocenters. The van der Waals surface area contributed by atoms with Gasteiger partial charge in [0.15, 0.2) is 0 Å². The normalized spacial score (nSPS) is 15.6. The second kappa shape index (κ2) is 7.01. The Morgan fingerprint density at radius 2 is 1.96 bits per heavy atom. The molecule has 6 heteroatoms. The van der Waals surface area contributed by atoms with Crippen molar-refractivity contribution in [3.05, 3.63) is 54.7 Å². The lowest BCUT2D eigenvalue weighted by Crippen LogP contribution is -2.38. The van der Waals surface area contributed by atoms with Crippen molar-refractivity contribution < 1.29 is 4.79 Å². The van der Waals surface area contributed by atoms with Crippen LogP contribution in [-0.2, 0) is 11.3 Å². The maximum Gasteiger partial charge on any atom is 0.224 e.